The van der Waals surface area contributed by atoms with Crippen molar-refractivity contribution >= 4 is 11.6 Å². The number of ether oxygens (including phenoxy) is 1. The Morgan fingerprint density at radius 3 is 2.38 bits per heavy atom. The molecule has 2 N–H and O–H groups in total. The number of aliphatic imine (C=N–C) groups is 1. The van der Waals surface area contributed by atoms with Crippen LogP contribution in [0.4, 0.5) is 10.1 Å². The van der Waals surface area contributed by atoms with E-state index in [1.54, 1.807) is 6.07 Å². The van der Waals surface area contributed by atoms with Gasteiger partial charge in [-0.15, -0.1) is 0 Å². The first-order valence-electron chi connectivity index (χ1n) is 8.74. The number of rotatable bonds is 5. The SMILES string of the molecule is CCNC(=NCc1ccc(N2CC(C)OC(C)C2)c(F)c1)NCC. The van der Waals surface area contributed by atoms with Crippen molar-refractivity contribution in [2.24, 2.45) is 4.99 Å². The Labute approximate surface area is 144 Å². The molecule has 0 aliphatic carbocycles. The molecule has 1 fully saturated rings. The van der Waals surface area contributed by atoms with E-state index < -0.39 is 0 Å². The van der Waals surface area contributed by atoms with Gasteiger partial charge in [0.15, 0.2) is 5.96 Å². The van der Waals surface area contributed by atoms with Gasteiger partial charge in [-0.3, -0.25) is 0 Å². The highest BCUT2D eigenvalue weighted by atomic mass is 19.1. The van der Waals surface area contributed by atoms with Crippen LogP contribution in [0.1, 0.15) is 33.3 Å². The molecule has 2 rings (SSSR count). The molecule has 0 saturated carbocycles. The summed E-state index contributed by atoms with van der Waals surface area (Å²) in [5.74, 6) is 0.553. The van der Waals surface area contributed by atoms with Gasteiger partial charge in [0.25, 0.3) is 0 Å². The number of benzene rings is 1. The van der Waals surface area contributed by atoms with Crippen LogP contribution in [-0.2, 0) is 11.3 Å². The Morgan fingerprint density at radius 2 is 1.83 bits per heavy atom. The smallest absolute Gasteiger partial charge is 0.191 e. The Balaban J connectivity index is 2.07. The second-order valence-electron chi connectivity index (χ2n) is 6.17. The Hall–Kier alpha value is -1.82. The highest BCUT2D eigenvalue weighted by molar-refractivity contribution is 5.79. The zero-order valence-electron chi connectivity index (χ0n) is 15.1. The maximum Gasteiger partial charge on any atom is 0.191 e. The maximum atomic E-state index is 14.5. The van der Waals surface area contributed by atoms with E-state index in [0.717, 1.165) is 24.6 Å². The van der Waals surface area contributed by atoms with Crippen LogP contribution in [0, 0.1) is 5.82 Å². The van der Waals surface area contributed by atoms with Crippen molar-refractivity contribution < 1.29 is 9.13 Å². The number of morpholine rings is 1. The van der Waals surface area contributed by atoms with Crippen molar-refractivity contribution in [1.29, 1.82) is 0 Å². The Morgan fingerprint density at radius 1 is 1.21 bits per heavy atom. The molecule has 0 bridgehead atoms. The summed E-state index contributed by atoms with van der Waals surface area (Å²) in [6.07, 6.45) is 0.223. The molecule has 0 aromatic heterocycles. The van der Waals surface area contributed by atoms with Crippen LogP contribution in [0.15, 0.2) is 23.2 Å². The van der Waals surface area contributed by atoms with Gasteiger partial charge in [0.2, 0.25) is 0 Å². The maximum absolute atomic E-state index is 14.5. The molecule has 1 aliphatic heterocycles. The van der Waals surface area contributed by atoms with Crippen LogP contribution in [-0.4, -0.2) is 44.3 Å². The van der Waals surface area contributed by atoms with Crippen molar-refractivity contribution in [3.63, 3.8) is 0 Å². The lowest BCUT2D eigenvalue weighted by Crippen LogP contribution is -2.45. The van der Waals surface area contributed by atoms with E-state index in [4.69, 9.17) is 4.74 Å². The van der Waals surface area contributed by atoms with Crippen LogP contribution in [0.3, 0.4) is 0 Å². The van der Waals surface area contributed by atoms with Gasteiger partial charge in [0.05, 0.1) is 24.4 Å². The fourth-order valence-electron chi connectivity index (χ4n) is 2.96. The summed E-state index contributed by atoms with van der Waals surface area (Å²) < 4.78 is 20.3. The number of hydrogen-bond acceptors (Lipinski definition) is 3. The third-order valence-electron chi connectivity index (χ3n) is 3.88. The highest BCUT2D eigenvalue weighted by Gasteiger charge is 2.24. The summed E-state index contributed by atoms with van der Waals surface area (Å²) >= 11 is 0. The van der Waals surface area contributed by atoms with Gasteiger partial charge in [-0.1, -0.05) is 6.07 Å². The molecule has 1 heterocycles. The van der Waals surface area contributed by atoms with Crippen molar-refractivity contribution in [3.05, 3.63) is 29.6 Å². The van der Waals surface area contributed by atoms with Gasteiger partial charge < -0.3 is 20.3 Å². The summed E-state index contributed by atoms with van der Waals surface area (Å²) in [6.45, 7) is 11.5. The normalized spacial score (nSPS) is 20.6. The van der Waals surface area contributed by atoms with E-state index in [9.17, 15) is 4.39 Å². The van der Waals surface area contributed by atoms with E-state index >= 15 is 0 Å². The molecule has 0 amide bonds. The first-order valence-corrected chi connectivity index (χ1v) is 8.74. The van der Waals surface area contributed by atoms with Crippen molar-refractivity contribution in [1.82, 2.24) is 10.6 Å². The molecule has 0 radical (unpaired) electrons. The summed E-state index contributed by atoms with van der Waals surface area (Å²) in [6, 6.07) is 5.38. The second kappa shape index (κ2) is 8.87. The first kappa shape index (κ1) is 18.5. The molecule has 6 heteroatoms. The van der Waals surface area contributed by atoms with Gasteiger partial charge in [-0.2, -0.15) is 0 Å². The van der Waals surface area contributed by atoms with E-state index in [0.29, 0.717) is 25.3 Å². The second-order valence-corrected chi connectivity index (χ2v) is 6.17. The summed E-state index contributed by atoms with van der Waals surface area (Å²) in [5.41, 5.74) is 1.50. The fraction of sp³-hybridized carbons (Fsp3) is 0.611. The zero-order valence-corrected chi connectivity index (χ0v) is 15.1. The number of anilines is 1. The summed E-state index contributed by atoms with van der Waals surface area (Å²) in [7, 11) is 0. The standard InChI is InChI=1S/C18H29FN4O/c1-5-20-18(21-6-2)22-10-15-7-8-17(16(19)9-15)23-11-13(3)24-14(4)12-23/h7-9,13-14H,5-6,10-12H2,1-4H3,(H2,20,21,22). The minimum Gasteiger partial charge on any atom is -0.372 e. The van der Waals surface area contributed by atoms with Crippen molar-refractivity contribution in [3.8, 4) is 0 Å². The predicted molar refractivity (Wildman–Crippen MR) is 97.1 cm³/mol. The molecule has 2 unspecified atom stereocenters. The van der Waals surface area contributed by atoms with Crippen molar-refractivity contribution in [2.45, 2.75) is 46.4 Å². The molecule has 1 saturated heterocycles. The fourth-order valence-corrected chi connectivity index (χ4v) is 2.96. The molecule has 0 spiro atoms. The number of nitrogens with one attached hydrogen (secondary N) is 2. The van der Waals surface area contributed by atoms with Gasteiger partial charge in [-0.05, 0) is 45.4 Å². The first-order chi connectivity index (χ1) is 11.5. The molecular formula is C18H29FN4O. The molecule has 5 nitrogen and oxygen atoms in total. The number of nitrogens with zero attached hydrogens (tertiary/aromatic N) is 2. The molecule has 1 aromatic carbocycles. The lowest BCUT2D eigenvalue weighted by molar-refractivity contribution is -0.00539. The minimum atomic E-state index is -0.197. The van der Waals surface area contributed by atoms with Gasteiger partial charge in [0, 0.05) is 26.2 Å². The van der Waals surface area contributed by atoms with Gasteiger partial charge in [-0.25, -0.2) is 9.38 Å². The van der Waals surface area contributed by atoms with Crippen LogP contribution in [0.5, 0.6) is 0 Å². The number of guanidine groups is 1. The molecule has 134 valence electrons. The number of hydrogen-bond donors (Lipinski definition) is 2. The Kier molecular flexibility index (Phi) is 6.85. The van der Waals surface area contributed by atoms with Gasteiger partial charge >= 0.3 is 0 Å². The Bertz CT molecular complexity index is 546. The third-order valence-corrected chi connectivity index (χ3v) is 3.88. The average molecular weight is 336 g/mol. The predicted octanol–water partition coefficient (Wildman–Crippen LogP) is 2.51. The zero-order chi connectivity index (χ0) is 17.5. The highest BCUT2D eigenvalue weighted by Crippen LogP contribution is 2.24. The van der Waals surface area contributed by atoms with E-state index in [2.05, 4.69) is 20.5 Å². The van der Waals surface area contributed by atoms with Crippen LogP contribution in [0.25, 0.3) is 0 Å². The molecular weight excluding hydrogens is 307 g/mol. The average Bonchev–Trinajstić information content (AvgIpc) is 2.52. The quantitative estimate of drug-likeness (QED) is 0.641. The lowest BCUT2D eigenvalue weighted by atomic mass is 10.1. The van der Waals surface area contributed by atoms with Crippen molar-refractivity contribution in [2.75, 3.05) is 31.1 Å². The summed E-state index contributed by atoms with van der Waals surface area (Å²) in [5, 5.41) is 6.33. The monoisotopic (exact) mass is 336 g/mol. The molecule has 1 aromatic rings. The summed E-state index contributed by atoms with van der Waals surface area (Å²) in [4.78, 5) is 6.53. The van der Waals surface area contributed by atoms with Gasteiger partial charge in [0.1, 0.15) is 5.82 Å². The third kappa shape index (κ3) is 5.09. The van der Waals surface area contributed by atoms with Crippen LogP contribution in [0.2, 0.25) is 0 Å². The lowest BCUT2D eigenvalue weighted by Gasteiger charge is -2.37. The van der Waals surface area contributed by atoms with Crippen LogP contribution < -0.4 is 15.5 Å². The topological polar surface area (TPSA) is 48.9 Å². The largest absolute Gasteiger partial charge is 0.372 e. The molecule has 24 heavy (non-hydrogen) atoms. The minimum absolute atomic E-state index is 0.111. The van der Waals surface area contributed by atoms with E-state index in [-0.39, 0.29) is 18.0 Å². The number of halogens is 1. The van der Waals surface area contributed by atoms with E-state index in [1.165, 1.54) is 0 Å². The van der Waals surface area contributed by atoms with E-state index in [1.807, 2.05) is 39.8 Å². The molecule has 1 aliphatic rings. The van der Waals surface area contributed by atoms with Crippen LogP contribution >= 0.6 is 0 Å². The molecule has 2 atom stereocenters.